The second-order valence-corrected chi connectivity index (χ2v) is 16.3. The first-order valence-corrected chi connectivity index (χ1v) is 16.9. The molecule has 0 fully saturated rings. The van der Waals surface area contributed by atoms with Gasteiger partial charge in [-0.05, 0) is 42.6 Å². The third kappa shape index (κ3) is 21.3. The smallest absolute Gasteiger partial charge is 0.0104 e. The fraction of sp³-hybridized carbons (Fsp3) is 1.00. The lowest BCUT2D eigenvalue weighted by Gasteiger charge is -2.26. The van der Waals surface area contributed by atoms with Gasteiger partial charge in [-0.2, -0.15) is 71.4 Å². The van der Waals surface area contributed by atoms with Crippen molar-refractivity contribution in [3.8, 4) is 0 Å². The molecule has 28 heavy (non-hydrogen) atoms. The van der Waals surface area contributed by atoms with Crippen molar-refractivity contribution < 1.29 is 0 Å². The molecule has 0 aliphatic rings. The van der Waals surface area contributed by atoms with Crippen LogP contribution in [-0.4, -0.2) is 61.3 Å². The molecule has 0 aliphatic heterocycles. The van der Waals surface area contributed by atoms with Crippen molar-refractivity contribution >= 4 is 71.4 Å². The molecule has 0 radical (unpaired) electrons. The SMILES string of the molecule is CC(CCC(C)SCCSCCSC(C)C)CCC(C)(C)SCCSCCS. The summed E-state index contributed by atoms with van der Waals surface area (Å²) in [5.74, 6) is 10.9. The van der Waals surface area contributed by atoms with Gasteiger partial charge in [0.25, 0.3) is 0 Å². The Morgan fingerprint density at radius 2 is 1.32 bits per heavy atom. The largest absolute Gasteiger partial charge is 0.179 e. The lowest BCUT2D eigenvalue weighted by Crippen LogP contribution is -2.17. The maximum atomic E-state index is 4.28. The first kappa shape index (κ1) is 30.1. The van der Waals surface area contributed by atoms with Crippen molar-refractivity contribution in [3.63, 3.8) is 0 Å². The van der Waals surface area contributed by atoms with Gasteiger partial charge in [0.05, 0.1) is 0 Å². The van der Waals surface area contributed by atoms with Gasteiger partial charge in [-0.15, -0.1) is 0 Å². The standard InChI is InChI=1S/C22H46S6/c1-19(2)26-16-13-25-14-17-27-21(4)8-7-20(3)9-10-22(5,6)28-18-15-24-12-11-23/h19-21,23H,7-18H2,1-6H3. The van der Waals surface area contributed by atoms with Gasteiger partial charge >= 0.3 is 0 Å². The highest BCUT2D eigenvalue weighted by Gasteiger charge is 2.19. The Morgan fingerprint density at radius 3 is 1.96 bits per heavy atom. The van der Waals surface area contributed by atoms with Crippen LogP contribution < -0.4 is 0 Å². The van der Waals surface area contributed by atoms with Crippen molar-refractivity contribution in [2.75, 3.05) is 46.0 Å². The molecule has 0 aliphatic carbocycles. The average molecular weight is 503 g/mol. The van der Waals surface area contributed by atoms with Crippen LogP contribution in [0.15, 0.2) is 0 Å². The summed E-state index contributed by atoms with van der Waals surface area (Å²) >= 11 is 14.9. The van der Waals surface area contributed by atoms with Crippen LogP contribution in [0.25, 0.3) is 0 Å². The van der Waals surface area contributed by atoms with Crippen molar-refractivity contribution in [2.45, 2.75) is 82.5 Å². The molecule has 0 saturated carbocycles. The first-order chi connectivity index (χ1) is 13.3. The van der Waals surface area contributed by atoms with E-state index in [1.807, 2.05) is 11.8 Å². The molecular weight excluding hydrogens is 457 g/mol. The Kier molecular flexibility index (Phi) is 21.2. The van der Waals surface area contributed by atoms with E-state index >= 15 is 0 Å². The molecule has 0 bridgehead atoms. The van der Waals surface area contributed by atoms with Crippen molar-refractivity contribution in [2.24, 2.45) is 5.92 Å². The van der Waals surface area contributed by atoms with Crippen LogP contribution in [0.5, 0.6) is 0 Å². The van der Waals surface area contributed by atoms with Crippen LogP contribution in [-0.2, 0) is 0 Å². The minimum atomic E-state index is 0.432. The molecule has 0 nitrogen and oxygen atoms in total. The van der Waals surface area contributed by atoms with Gasteiger partial charge in [0, 0.05) is 50.3 Å². The van der Waals surface area contributed by atoms with E-state index in [2.05, 4.69) is 101 Å². The Labute approximate surface area is 204 Å². The van der Waals surface area contributed by atoms with Crippen molar-refractivity contribution in [3.05, 3.63) is 0 Å². The first-order valence-electron chi connectivity index (χ1n) is 10.9. The molecule has 0 N–H and O–H groups in total. The van der Waals surface area contributed by atoms with E-state index < -0.39 is 0 Å². The zero-order valence-electron chi connectivity index (χ0n) is 19.2. The van der Waals surface area contributed by atoms with E-state index in [1.165, 1.54) is 66.0 Å². The van der Waals surface area contributed by atoms with Crippen LogP contribution >= 0.6 is 71.4 Å². The molecule has 6 heteroatoms. The van der Waals surface area contributed by atoms with Gasteiger partial charge in [-0.25, -0.2) is 0 Å². The number of thioether (sulfide) groups is 5. The highest BCUT2D eigenvalue weighted by Crippen LogP contribution is 2.32. The minimum Gasteiger partial charge on any atom is -0.179 e. The molecule has 2 atom stereocenters. The van der Waals surface area contributed by atoms with Crippen LogP contribution in [0.2, 0.25) is 0 Å². The molecule has 0 rings (SSSR count). The third-order valence-electron chi connectivity index (χ3n) is 4.57. The van der Waals surface area contributed by atoms with Gasteiger partial charge in [0.1, 0.15) is 0 Å². The summed E-state index contributed by atoms with van der Waals surface area (Å²) < 4.78 is 0.432. The fourth-order valence-corrected chi connectivity index (χ4v) is 8.14. The summed E-state index contributed by atoms with van der Waals surface area (Å²) in [4.78, 5) is 0. The van der Waals surface area contributed by atoms with Crippen LogP contribution in [0.3, 0.4) is 0 Å². The third-order valence-corrected chi connectivity index (χ3v) is 11.6. The van der Waals surface area contributed by atoms with Crippen molar-refractivity contribution in [1.29, 1.82) is 0 Å². The van der Waals surface area contributed by atoms with Gasteiger partial charge in [-0.1, -0.05) is 41.5 Å². The average Bonchev–Trinajstić information content (AvgIpc) is 2.63. The quantitative estimate of drug-likeness (QED) is 0.131. The predicted octanol–water partition coefficient (Wildman–Crippen LogP) is 8.35. The highest BCUT2D eigenvalue weighted by molar-refractivity contribution is 8.05. The number of rotatable bonds is 20. The van der Waals surface area contributed by atoms with Crippen LogP contribution in [0.4, 0.5) is 0 Å². The van der Waals surface area contributed by atoms with E-state index in [1.54, 1.807) is 0 Å². The van der Waals surface area contributed by atoms with Gasteiger partial charge in [-0.3, -0.25) is 0 Å². The zero-order chi connectivity index (χ0) is 21.3. The molecule has 0 aromatic carbocycles. The molecule has 0 spiro atoms. The number of hydrogen-bond donors (Lipinski definition) is 1. The molecular formula is C22H46S6. The van der Waals surface area contributed by atoms with Gasteiger partial charge < -0.3 is 0 Å². The number of hydrogen-bond acceptors (Lipinski definition) is 6. The van der Waals surface area contributed by atoms with Crippen LogP contribution in [0.1, 0.15) is 67.2 Å². The summed E-state index contributed by atoms with van der Waals surface area (Å²) in [6.45, 7) is 14.3. The summed E-state index contributed by atoms with van der Waals surface area (Å²) in [5.41, 5.74) is 0. The monoisotopic (exact) mass is 502 g/mol. The van der Waals surface area contributed by atoms with E-state index in [0.717, 1.165) is 22.2 Å². The van der Waals surface area contributed by atoms with Crippen LogP contribution in [0, 0.1) is 5.92 Å². The summed E-state index contributed by atoms with van der Waals surface area (Å²) in [5, 5.41) is 1.60. The fourth-order valence-electron chi connectivity index (χ4n) is 2.71. The lowest BCUT2D eigenvalue weighted by molar-refractivity contribution is 0.434. The summed E-state index contributed by atoms with van der Waals surface area (Å²) in [6, 6.07) is 0. The Balaban J connectivity index is 3.63. The molecule has 0 heterocycles. The van der Waals surface area contributed by atoms with Gasteiger partial charge in [0.2, 0.25) is 0 Å². The molecule has 0 amide bonds. The van der Waals surface area contributed by atoms with E-state index in [0.29, 0.717) is 4.75 Å². The van der Waals surface area contributed by atoms with E-state index in [4.69, 9.17) is 0 Å². The predicted molar refractivity (Wildman–Crippen MR) is 152 cm³/mol. The lowest BCUT2D eigenvalue weighted by atomic mass is 9.94. The normalized spacial score (nSPS) is 14.6. The topological polar surface area (TPSA) is 0 Å². The maximum Gasteiger partial charge on any atom is 0.0104 e. The van der Waals surface area contributed by atoms with E-state index in [9.17, 15) is 0 Å². The molecule has 170 valence electrons. The molecule has 0 aromatic heterocycles. The Bertz CT molecular complexity index is 335. The maximum absolute atomic E-state index is 4.28. The van der Waals surface area contributed by atoms with Gasteiger partial charge in [0.15, 0.2) is 0 Å². The molecule has 0 aromatic rings. The molecule has 2 unspecified atom stereocenters. The summed E-state index contributed by atoms with van der Waals surface area (Å²) in [7, 11) is 0. The molecule has 0 saturated heterocycles. The Hall–Kier alpha value is 2.10. The van der Waals surface area contributed by atoms with Crippen molar-refractivity contribution in [1.82, 2.24) is 0 Å². The zero-order valence-corrected chi connectivity index (χ0v) is 24.2. The number of thiol groups is 1. The second-order valence-electron chi connectivity index (χ2n) is 8.38. The van der Waals surface area contributed by atoms with E-state index in [-0.39, 0.29) is 0 Å². The summed E-state index contributed by atoms with van der Waals surface area (Å²) in [6.07, 6.45) is 5.51. The Morgan fingerprint density at radius 1 is 0.714 bits per heavy atom. The minimum absolute atomic E-state index is 0.432. The second kappa shape index (κ2) is 19.8. The highest BCUT2D eigenvalue weighted by atomic mass is 32.2.